The number of fused-ring (bicyclic) bond motifs is 7. The Bertz CT molecular complexity index is 2890. The molecule has 2 atom stereocenters. The molecule has 2 aromatic heterocycles. The highest BCUT2D eigenvalue weighted by Gasteiger charge is 2.42. The predicted octanol–water partition coefficient (Wildman–Crippen LogP) is 13.4. The Labute approximate surface area is 341 Å². The zero-order valence-corrected chi connectivity index (χ0v) is 34.0. The fraction of sp³-hybridized carbons (Fsp3) is 0.189. The van der Waals surface area contributed by atoms with E-state index in [2.05, 4.69) is 191 Å². The van der Waals surface area contributed by atoms with Gasteiger partial charge < -0.3 is 4.90 Å². The second-order valence-corrected chi connectivity index (χ2v) is 17.8. The molecule has 58 heavy (non-hydrogen) atoms. The number of nitrogens with zero attached hydrogens (tertiary/aromatic N) is 5. The van der Waals surface area contributed by atoms with Gasteiger partial charge in [-0.05, 0) is 62.9 Å². The van der Waals surface area contributed by atoms with E-state index in [0.29, 0.717) is 17.6 Å². The fourth-order valence-electron chi connectivity index (χ4n) is 8.78. The van der Waals surface area contributed by atoms with E-state index in [1.165, 1.54) is 38.7 Å². The van der Waals surface area contributed by atoms with Crippen molar-refractivity contribution in [3.8, 4) is 39.9 Å². The summed E-state index contributed by atoms with van der Waals surface area (Å²) in [6.45, 7) is 13.8. The van der Waals surface area contributed by atoms with Crippen LogP contribution >= 0.6 is 0 Å². The molecular formula is C53H47N5. The first kappa shape index (κ1) is 35.8. The normalized spacial score (nSPS) is 16.4. The molecule has 1 aliphatic heterocycles. The smallest absolute Gasteiger partial charge is 0.238 e. The average Bonchev–Trinajstić information content (AvgIpc) is 3.76. The molecule has 0 radical (unpaired) electrons. The molecule has 6 aromatic carbocycles. The molecule has 5 nitrogen and oxygen atoms in total. The molecule has 10 rings (SSSR count). The SMILES string of the molecule is CC(C)(C)C1=CC2c3ccc4c5cc(C(C)(C)C)ccc5n(-c5nc(-c6ccccc6)nc(-c6ccc(-c7ccccc7)cc6)n5)c4c3N(c3ccccc3)C2C=C1. The molecule has 1 aliphatic carbocycles. The van der Waals surface area contributed by atoms with Crippen molar-refractivity contribution >= 4 is 33.2 Å². The molecule has 0 spiro atoms. The molecule has 0 saturated heterocycles. The molecule has 0 fully saturated rings. The van der Waals surface area contributed by atoms with E-state index in [1.54, 1.807) is 0 Å². The average molecular weight is 754 g/mol. The van der Waals surface area contributed by atoms with E-state index >= 15 is 0 Å². The van der Waals surface area contributed by atoms with Crippen LogP contribution < -0.4 is 4.90 Å². The molecule has 284 valence electrons. The van der Waals surface area contributed by atoms with Crippen LogP contribution in [0.4, 0.5) is 11.4 Å². The van der Waals surface area contributed by atoms with Gasteiger partial charge in [-0.3, -0.25) is 4.57 Å². The lowest BCUT2D eigenvalue weighted by Crippen LogP contribution is -2.30. The summed E-state index contributed by atoms with van der Waals surface area (Å²) in [6, 6.07) is 51.9. The van der Waals surface area contributed by atoms with Gasteiger partial charge in [-0.15, -0.1) is 0 Å². The number of hydrogen-bond acceptors (Lipinski definition) is 4. The Morgan fingerprint density at radius 3 is 1.76 bits per heavy atom. The van der Waals surface area contributed by atoms with Crippen molar-refractivity contribution in [2.24, 2.45) is 5.41 Å². The lowest BCUT2D eigenvalue weighted by Gasteiger charge is -2.32. The summed E-state index contributed by atoms with van der Waals surface area (Å²) in [4.78, 5) is 18.5. The summed E-state index contributed by atoms with van der Waals surface area (Å²) in [5.74, 6) is 2.03. The van der Waals surface area contributed by atoms with E-state index in [1.807, 2.05) is 24.3 Å². The van der Waals surface area contributed by atoms with E-state index in [4.69, 9.17) is 15.0 Å². The minimum Gasteiger partial charge on any atom is -0.332 e. The van der Waals surface area contributed by atoms with Gasteiger partial charge >= 0.3 is 0 Å². The molecule has 8 aromatic rings. The summed E-state index contributed by atoms with van der Waals surface area (Å²) < 4.78 is 2.32. The molecule has 0 amide bonds. The summed E-state index contributed by atoms with van der Waals surface area (Å²) in [6.07, 6.45) is 7.28. The Balaban J connectivity index is 1.28. The minimum atomic E-state index is -0.0317. The lowest BCUT2D eigenvalue weighted by atomic mass is 9.78. The summed E-state index contributed by atoms with van der Waals surface area (Å²) in [7, 11) is 0. The summed E-state index contributed by atoms with van der Waals surface area (Å²) >= 11 is 0. The maximum Gasteiger partial charge on any atom is 0.238 e. The van der Waals surface area contributed by atoms with Gasteiger partial charge in [0.05, 0.1) is 22.8 Å². The van der Waals surface area contributed by atoms with Crippen molar-refractivity contribution in [1.82, 2.24) is 19.5 Å². The van der Waals surface area contributed by atoms with Crippen molar-refractivity contribution in [2.45, 2.75) is 58.9 Å². The van der Waals surface area contributed by atoms with Crippen LogP contribution in [0.3, 0.4) is 0 Å². The number of hydrogen-bond donors (Lipinski definition) is 0. The van der Waals surface area contributed by atoms with E-state index in [-0.39, 0.29) is 22.8 Å². The molecule has 2 aliphatic rings. The van der Waals surface area contributed by atoms with Gasteiger partial charge in [0.1, 0.15) is 0 Å². The van der Waals surface area contributed by atoms with Crippen molar-refractivity contribution in [2.75, 3.05) is 4.90 Å². The van der Waals surface area contributed by atoms with Gasteiger partial charge in [0.2, 0.25) is 5.95 Å². The van der Waals surface area contributed by atoms with Gasteiger partial charge in [0, 0.05) is 33.5 Å². The number of benzene rings is 6. The van der Waals surface area contributed by atoms with Gasteiger partial charge in [-0.1, -0.05) is 181 Å². The Morgan fingerprint density at radius 1 is 0.534 bits per heavy atom. The maximum absolute atomic E-state index is 5.40. The van der Waals surface area contributed by atoms with Crippen LogP contribution in [0, 0.1) is 5.41 Å². The molecular weight excluding hydrogens is 707 g/mol. The maximum atomic E-state index is 5.40. The first-order chi connectivity index (χ1) is 28.0. The zero-order valence-electron chi connectivity index (χ0n) is 34.0. The van der Waals surface area contributed by atoms with Crippen molar-refractivity contribution < 1.29 is 0 Å². The van der Waals surface area contributed by atoms with Gasteiger partial charge in [-0.25, -0.2) is 4.98 Å². The number of anilines is 2. The standard InChI is InChI=1S/C53H47N5/c1-52(2,3)38-26-30-45-43(32-38)41-28-29-42-44-33-39(53(4,5)6)27-31-46(44)58(48(42)47(41)57(45)40-20-14-9-15-21-40)51-55-49(36-18-12-8-13-19-36)54-50(56-51)37-24-22-35(23-25-37)34-16-10-7-11-17-34/h7-33,43,45H,1-6H3. The largest absolute Gasteiger partial charge is 0.332 e. The number of aromatic nitrogens is 4. The monoisotopic (exact) mass is 753 g/mol. The fourth-order valence-corrected chi connectivity index (χ4v) is 8.78. The van der Waals surface area contributed by atoms with Crippen molar-refractivity contribution in [3.05, 3.63) is 181 Å². The molecule has 0 bridgehead atoms. The van der Waals surface area contributed by atoms with Crippen LogP contribution in [-0.2, 0) is 5.41 Å². The van der Waals surface area contributed by atoms with Gasteiger partial charge in [0.15, 0.2) is 11.6 Å². The lowest BCUT2D eigenvalue weighted by molar-refractivity contribution is 0.507. The van der Waals surface area contributed by atoms with Gasteiger partial charge in [0.25, 0.3) is 0 Å². The zero-order chi connectivity index (χ0) is 39.8. The predicted molar refractivity (Wildman–Crippen MR) is 241 cm³/mol. The van der Waals surface area contributed by atoms with E-state index in [0.717, 1.165) is 33.4 Å². The van der Waals surface area contributed by atoms with Crippen LogP contribution in [-0.4, -0.2) is 25.6 Å². The first-order valence-electron chi connectivity index (χ1n) is 20.4. The number of rotatable bonds is 5. The van der Waals surface area contributed by atoms with Crippen LogP contribution in [0.1, 0.15) is 58.6 Å². The van der Waals surface area contributed by atoms with Crippen molar-refractivity contribution in [3.63, 3.8) is 0 Å². The Hall–Kier alpha value is -6.59. The minimum absolute atomic E-state index is 0.0264. The number of allylic oxidation sites excluding steroid dienone is 2. The third kappa shape index (κ3) is 6.04. The quantitative estimate of drug-likeness (QED) is 0.176. The third-order valence-electron chi connectivity index (χ3n) is 11.9. The highest BCUT2D eigenvalue weighted by Crippen LogP contribution is 2.54. The van der Waals surface area contributed by atoms with Crippen LogP contribution in [0.2, 0.25) is 0 Å². The topological polar surface area (TPSA) is 46.8 Å². The molecule has 2 unspecified atom stereocenters. The summed E-state index contributed by atoms with van der Waals surface area (Å²) in [5, 5.41) is 2.36. The highest BCUT2D eigenvalue weighted by atomic mass is 15.2. The second-order valence-electron chi connectivity index (χ2n) is 17.8. The van der Waals surface area contributed by atoms with Crippen LogP contribution in [0.5, 0.6) is 0 Å². The van der Waals surface area contributed by atoms with E-state index < -0.39 is 0 Å². The third-order valence-corrected chi connectivity index (χ3v) is 11.9. The second kappa shape index (κ2) is 13.5. The Morgan fingerprint density at radius 2 is 1.12 bits per heavy atom. The highest BCUT2D eigenvalue weighted by molar-refractivity contribution is 6.15. The first-order valence-corrected chi connectivity index (χ1v) is 20.4. The van der Waals surface area contributed by atoms with Gasteiger partial charge in [-0.2, -0.15) is 9.97 Å². The molecule has 0 saturated carbocycles. The molecule has 0 N–H and O–H groups in total. The molecule has 5 heteroatoms. The molecule has 3 heterocycles. The number of para-hydroxylation sites is 1. The Kier molecular flexibility index (Phi) is 8.34. The van der Waals surface area contributed by atoms with Crippen molar-refractivity contribution in [1.29, 1.82) is 0 Å². The van der Waals surface area contributed by atoms with E-state index in [9.17, 15) is 0 Å². The van der Waals surface area contributed by atoms with Crippen LogP contribution in [0.15, 0.2) is 169 Å². The summed E-state index contributed by atoms with van der Waals surface area (Å²) in [5.41, 5.74) is 12.7. The van der Waals surface area contributed by atoms with Crippen LogP contribution in [0.25, 0.3) is 61.7 Å².